The van der Waals surface area contributed by atoms with Crippen LogP contribution < -0.4 is 5.73 Å². The second kappa shape index (κ2) is 3.89. The van der Waals surface area contributed by atoms with Crippen LogP contribution in [0, 0.1) is 6.92 Å². The van der Waals surface area contributed by atoms with Crippen molar-refractivity contribution in [2.45, 2.75) is 13.8 Å². The van der Waals surface area contributed by atoms with E-state index >= 15 is 0 Å². The summed E-state index contributed by atoms with van der Waals surface area (Å²) in [6, 6.07) is 5.28. The quantitative estimate of drug-likeness (QED) is 0.622. The van der Waals surface area contributed by atoms with Crippen LogP contribution in [0.15, 0.2) is 22.6 Å². The fraction of sp³-hybridized carbons (Fsp3) is 0.250. The minimum absolute atomic E-state index is 0.252. The van der Waals surface area contributed by atoms with Crippen molar-refractivity contribution in [2.75, 3.05) is 12.3 Å². The molecule has 0 fully saturated rings. The lowest BCUT2D eigenvalue weighted by Crippen LogP contribution is -2.04. The summed E-state index contributed by atoms with van der Waals surface area (Å²) >= 11 is 0. The van der Waals surface area contributed by atoms with Gasteiger partial charge in [-0.15, -0.1) is 0 Å². The molecule has 16 heavy (non-hydrogen) atoms. The summed E-state index contributed by atoms with van der Waals surface area (Å²) in [6.07, 6.45) is 0. The predicted octanol–water partition coefficient (Wildman–Crippen LogP) is 2.50. The van der Waals surface area contributed by atoms with Crippen LogP contribution in [0.2, 0.25) is 0 Å². The molecule has 0 unspecified atom stereocenters. The summed E-state index contributed by atoms with van der Waals surface area (Å²) in [4.78, 5) is 11.6. The molecular formula is C12H13NO3. The maximum absolute atomic E-state index is 11.6. The number of hydrogen-bond donors (Lipinski definition) is 1. The Labute approximate surface area is 93.0 Å². The van der Waals surface area contributed by atoms with Gasteiger partial charge >= 0.3 is 5.97 Å². The minimum Gasteiger partial charge on any atom is -0.460 e. The fourth-order valence-corrected chi connectivity index (χ4v) is 1.63. The third-order valence-electron chi connectivity index (χ3n) is 2.42. The Morgan fingerprint density at radius 1 is 1.50 bits per heavy atom. The van der Waals surface area contributed by atoms with Crippen molar-refractivity contribution in [1.29, 1.82) is 0 Å². The molecule has 4 nitrogen and oxygen atoms in total. The number of esters is 1. The van der Waals surface area contributed by atoms with E-state index in [9.17, 15) is 4.79 Å². The van der Waals surface area contributed by atoms with Gasteiger partial charge in [0, 0.05) is 16.6 Å². The van der Waals surface area contributed by atoms with Gasteiger partial charge in [0.05, 0.1) is 6.61 Å². The van der Waals surface area contributed by atoms with E-state index in [0.717, 1.165) is 10.9 Å². The predicted molar refractivity (Wildman–Crippen MR) is 61.3 cm³/mol. The first kappa shape index (κ1) is 10.5. The van der Waals surface area contributed by atoms with Crippen LogP contribution in [0.4, 0.5) is 5.69 Å². The number of benzene rings is 1. The Morgan fingerprint density at radius 2 is 2.25 bits per heavy atom. The molecule has 1 heterocycles. The molecule has 2 aromatic rings. The van der Waals surface area contributed by atoms with Gasteiger partial charge in [0.1, 0.15) is 5.58 Å². The van der Waals surface area contributed by atoms with E-state index in [1.54, 1.807) is 25.1 Å². The topological polar surface area (TPSA) is 65.5 Å². The number of nitrogens with two attached hydrogens (primary N) is 1. The highest BCUT2D eigenvalue weighted by atomic mass is 16.5. The van der Waals surface area contributed by atoms with E-state index < -0.39 is 5.97 Å². The Bertz CT molecular complexity index is 542. The number of aryl methyl sites for hydroxylation is 1. The SMILES string of the molecule is CCOC(=O)c1oc2ccc(N)cc2c1C. The van der Waals surface area contributed by atoms with Crippen molar-refractivity contribution in [3.63, 3.8) is 0 Å². The van der Waals surface area contributed by atoms with Crippen LogP contribution >= 0.6 is 0 Å². The second-order valence-corrected chi connectivity index (χ2v) is 3.53. The van der Waals surface area contributed by atoms with Gasteiger partial charge in [0.2, 0.25) is 5.76 Å². The Kier molecular flexibility index (Phi) is 2.56. The van der Waals surface area contributed by atoms with Gasteiger partial charge in [-0.1, -0.05) is 0 Å². The highest BCUT2D eigenvalue weighted by molar-refractivity contribution is 5.96. The molecule has 2 N–H and O–H groups in total. The largest absolute Gasteiger partial charge is 0.460 e. The molecule has 0 bridgehead atoms. The summed E-state index contributed by atoms with van der Waals surface area (Å²) < 4.78 is 10.3. The molecule has 0 atom stereocenters. The highest BCUT2D eigenvalue weighted by Crippen LogP contribution is 2.27. The van der Waals surface area contributed by atoms with Crippen molar-refractivity contribution in [1.82, 2.24) is 0 Å². The fourth-order valence-electron chi connectivity index (χ4n) is 1.63. The molecule has 0 saturated heterocycles. The second-order valence-electron chi connectivity index (χ2n) is 3.53. The number of fused-ring (bicyclic) bond motifs is 1. The van der Waals surface area contributed by atoms with E-state index in [4.69, 9.17) is 14.9 Å². The first-order valence-electron chi connectivity index (χ1n) is 5.09. The third-order valence-corrected chi connectivity index (χ3v) is 2.42. The lowest BCUT2D eigenvalue weighted by atomic mass is 10.1. The summed E-state index contributed by atoms with van der Waals surface area (Å²) in [7, 11) is 0. The number of ether oxygens (including phenoxy) is 1. The molecule has 1 aromatic heterocycles. The lowest BCUT2D eigenvalue weighted by molar-refractivity contribution is 0.0491. The highest BCUT2D eigenvalue weighted by Gasteiger charge is 2.18. The van der Waals surface area contributed by atoms with E-state index in [-0.39, 0.29) is 5.76 Å². The molecule has 0 radical (unpaired) electrons. The van der Waals surface area contributed by atoms with E-state index in [1.165, 1.54) is 0 Å². The van der Waals surface area contributed by atoms with Gasteiger partial charge in [0.25, 0.3) is 0 Å². The van der Waals surface area contributed by atoms with E-state index in [1.807, 2.05) is 6.92 Å². The van der Waals surface area contributed by atoms with Crippen LogP contribution in [0.25, 0.3) is 11.0 Å². The van der Waals surface area contributed by atoms with Gasteiger partial charge in [-0.3, -0.25) is 0 Å². The van der Waals surface area contributed by atoms with E-state index in [0.29, 0.717) is 17.9 Å². The molecule has 0 aliphatic heterocycles. The monoisotopic (exact) mass is 219 g/mol. The average Bonchev–Trinajstić information content (AvgIpc) is 2.57. The molecule has 2 rings (SSSR count). The zero-order valence-corrected chi connectivity index (χ0v) is 9.24. The van der Waals surface area contributed by atoms with E-state index in [2.05, 4.69) is 0 Å². The van der Waals surface area contributed by atoms with Gasteiger partial charge in [-0.05, 0) is 32.0 Å². The van der Waals surface area contributed by atoms with Gasteiger partial charge < -0.3 is 14.9 Å². The zero-order chi connectivity index (χ0) is 11.7. The third kappa shape index (κ3) is 1.62. The van der Waals surface area contributed by atoms with Crippen LogP contribution in [0.1, 0.15) is 23.0 Å². The number of nitrogen functional groups attached to an aromatic ring is 1. The van der Waals surface area contributed by atoms with Gasteiger partial charge in [-0.2, -0.15) is 0 Å². The molecule has 0 aliphatic rings. The minimum atomic E-state index is -0.435. The maximum atomic E-state index is 11.6. The summed E-state index contributed by atoms with van der Waals surface area (Å²) in [5.74, 6) is -0.183. The van der Waals surface area contributed by atoms with Crippen LogP contribution in [0.3, 0.4) is 0 Å². The van der Waals surface area contributed by atoms with Crippen molar-refractivity contribution in [3.05, 3.63) is 29.5 Å². The number of rotatable bonds is 2. The molecule has 0 saturated carbocycles. The van der Waals surface area contributed by atoms with Crippen LogP contribution in [-0.4, -0.2) is 12.6 Å². The summed E-state index contributed by atoms with van der Waals surface area (Å²) in [5, 5.41) is 0.850. The summed E-state index contributed by atoms with van der Waals surface area (Å²) in [6.45, 7) is 3.91. The maximum Gasteiger partial charge on any atom is 0.374 e. The first-order chi connectivity index (χ1) is 7.63. The standard InChI is InChI=1S/C12H13NO3/c1-3-15-12(14)11-7(2)9-6-8(13)4-5-10(9)16-11/h4-6H,3,13H2,1-2H3. The molecular weight excluding hydrogens is 206 g/mol. The van der Waals surface area contributed by atoms with Crippen molar-refractivity contribution in [3.8, 4) is 0 Å². The molecule has 0 aliphatic carbocycles. The Balaban J connectivity index is 2.56. The number of anilines is 1. The van der Waals surface area contributed by atoms with Crippen molar-refractivity contribution < 1.29 is 13.9 Å². The zero-order valence-electron chi connectivity index (χ0n) is 9.24. The summed E-state index contributed by atoms with van der Waals surface area (Å²) in [5.41, 5.74) is 7.74. The number of carbonyl (C=O) groups excluding carboxylic acids is 1. The van der Waals surface area contributed by atoms with Crippen LogP contribution in [-0.2, 0) is 4.74 Å². The van der Waals surface area contributed by atoms with Crippen molar-refractivity contribution >= 4 is 22.6 Å². The normalized spacial score (nSPS) is 10.6. The van der Waals surface area contributed by atoms with Gasteiger partial charge in [-0.25, -0.2) is 4.79 Å². The van der Waals surface area contributed by atoms with Gasteiger partial charge in [0.15, 0.2) is 0 Å². The molecule has 1 aromatic carbocycles. The Hall–Kier alpha value is -1.97. The molecule has 0 spiro atoms. The lowest BCUT2D eigenvalue weighted by Gasteiger charge is -1.97. The molecule has 84 valence electrons. The molecule has 4 heteroatoms. The van der Waals surface area contributed by atoms with Crippen molar-refractivity contribution in [2.24, 2.45) is 0 Å². The number of carbonyl (C=O) groups is 1. The number of furan rings is 1. The Morgan fingerprint density at radius 3 is 2.94 bits per heavy atom. The first-order valence-corrected chi connectivity index (χ1v) is 5.09. The van der Waals surface area contributed by atoms with Crippen LogP contribution in [0.5, 0.6) is 0 Å². The average molecular weight is 219 g/mol. The number of hydrogen-bond acceptors (Lipinski definition) is 4. The molecule has 0 amide bonds. The smallest absolute Gasteiger partial charge is 0.374 e.